The molecule has 0 aromatic carbocycles. The van der Waals surface area contributed by atoms with Gasteiger partial charge in [-0.25, -0.2) is 0 Å². The molecule has 0 saturated carbocycles. The third kappa shape index (κ3) is 3.43. The van der Waals surface area contributed by atoms with Crippen LogP contribution in [0.15, 0.2) is 17.1 Å². The van der Waals surface area contributed by atoms with Gasteiger partial charge in [0.1, 0.15) is 0 Å². The standard InChI is InChI=1S/C13H20N4O3/c1-11-9-12(17(19)20)13(18)16(10-11)8-7-15-5-3-14(2)4-6-15/h9-10H,3-8H2,1-2H3. The number of aromatic nitrogens is 1. The van der Waals surface area contributed by atoms with E-state index < -0.39 is 10.5 Å². The van der Waals surface area contributed by atoms with E-state index in [9.17, 15) is 14.9 Å². The summed E-state index contributed by atoms with van der Waals surface area (Å²) in [4.78, 5) is 26.8. The Morgan fingerprint density at radius 1 is 1.25 bits per heavy atom. The zero-order valence-electron chi connectivity index (χ0n) is 11.9. The molecule has 1 aromatic rings. The number of nitrogens with zero attached hydrogens (tertiary/aromatic N) is 4. The summed E-state index contributed by atoms with van der Waals surface area (Å²) in [6, 6.07) is 1.33. The van der Waals surface area contributed by atoms with Crippen molar-refractivity contribution in [1.29, 1.82) is 0 Å². The van der Waals surface area contributed by atoms with E-state index in [2.05, 4.69) is 16.8 Å². The number of hydrogen-bond acceptors (Lipinski definition) is 5. The zero-order valence-corrected chi connectivity index (χ0v) is 11.9. The fraction of sp³-hybridized carbons (Fsp3) is 0.615. The second kappa shape index (κ2) is 6.15. The number of aryl methyl sites for hydroxylation is 1. The Morgan fingerprint density at radius 2 is 1.90 bits per heavy atom. The van der Waals surface area contributed by atoms with Crippen LogP contribution in [0.25, 0.3) is 0 Å². The first-order valence-corrected chi connectivity index (χ1v) is 6.74. The molecule has 20 heavy (non-hydrogen) atoms. The molecule has 0 N–H and O–H groups in total. The zero-order chi connectivity index (χ0) is 14.7. The van der Waals surface area contributed by atoms with Crippen molar-refractivity contribution in [2.24, 2.45) is 0 Å². The minimum absolute atomic E-state index is 0.344. The molecule has 0 radical (unpaired) electrons. The molecule has 0 spiro atoms. The number of pyridine rings is 1. The molecular weight excluding hydrogens is 260 g/mol. The molecule has 1 aromatic heterocycles. The highest BCUT2D eigenvalue weighted by atomic mass is 16.6. The van der Waals surface area contributed by atoms with Crippen LogP contribution in [-0.2, 0) is 6.54 Å². The second-order valence-corrected chi connectivity index (χ2v) is 5.30. The molecule has 0 bridgehead atoms. The average molecular weight is 280 g/mol. The van der Waals surface area contributed by atoms with E-state index in [0.717, 1.165) is 38.3 Å². The first kappa shape index (κ1) is 14.7. The van der Waals surface area contributed by atoms with Crippen molar-refractivity contribution in [3.63, 3.8) is 0 Å². The lowest BCUT2D eigenvalue weighted by atomic mass is 10.3. The van der Waals surface area contributed by atoms with Crippen molar-refractivity contribution in [2.75, 3.05) is 39.8 Å². The van der Waals surface area contributed by atoms with Crippen molar-refractivity contribution < 1.29 is 4.92 Å². The van der Waals surface area contributed by atoms with Crippen molar-refractivity contribution >= 4 is 5.69 Å². The molecule has 2 rings (SSSR count). The van der Waals surface area contributed by atoms with E-state index in [0.29, 0.717) is 6.54 Å². The van der Waals surface area contributed by atoms with Gasteiger partial charge in [0.05, 0.1) is 4.92 Å². The van der Waals surface area contributed by atoms with Crippen LogP contribution in [0.1, 0.15) is 5.56 Å². The summed E-state index contributed by atoms with van der Waals surface area (Å²) in [7, 11) is 2.09. The van der Waals surface area contributed by atoms with E-state index in [1.165, 1.54) is 10.6 Å². The van der Waals surface area contributed by atoms with Crippen molar-refractivity contribution in [1.82, 2.24) is 14.4 Å². The fourth-order valence-electron chi connectivity index (χ4n) is 2.38. The monoisotopic (exact) mass is 280 g/mol. The summed E-state index contributed by atoms with van der Waals surface area (Å²) in [6.07, 6.45) is 1.69. The summed E-state index contributed by atoms with van der Waals surface area (Å²) in [5, 5.41) is 10.8. The lowest BCUT2D eigenvalue weighted by molar-refractivity contribution is -0.386. The van der Waals surface area contributed by atoms with E-state index in [1.807, 2.05) is 0 Å². The predicted molar refractivity (Wildman–Crippen MR) is 76.0 cm³/mol. The number of rotatable bonds is 4. The smallest absolute Gasteiger partial charge is 0.308 e. The summed E-state index contributed by atoms with van der Waals surface area (Å²) in [5.74, 6) is 0. The maximum absolute atomic E-state index is 12.0. The average Bonchev–Trinajstić information content (AvgIpc) is 2.41. The Morgan fingerprint density at radius 3 is 2.50 bits per heavy atom. The van der Waals surface area contributed by atoms with Gasteiger partial charge in [-0.3, -0.25) is 19.8 Å². The summed E-state index contributed by atoms with van der Waals surface area (Å²) in [6.45, 7) is 6.97. The van der Waals surface area contributed by atoms with Gasteiger partial charge in [-0.05, 0) is 19.5 Å². The van der Waals surface area contributed by atoms with Crippen LogP contribution in [0.3, 0.4) is 0 Å². The molecule has 0 unspecified atom stereocenters. The third-order valence-corrected chi connectivity index (χ3v) is 3.65. The minimum atomic E-state index is -0.609. The first-order chi connectivity index (χ1) is 9.47. The maximum atomic E-state index is 12.0. The van der Waals surface area contributed by atoms with Gasteiger partial charge in [0.25, 0.3) is 0 Å². The molecule has 7 heteroatoms. The van der Waals surface area contributed by atoms with Crippen LogP contribution in [0, 0.1) is 17.0 Å². The molecule has 0 amide bonds. The van der Waals surface area contributed by atoms with Crippen LogP contribution in [-0.4, -0.2) is 59.1 Å². The largest absolute Gasteiger partial charge is 0.334 e. The van der Waals surface area contributed by atoms with Gasteiger partial charge in [0.15, 0.2) is 0 Å². The number of nitro groups is 1. The quantitative estimate of drug-likeness (QED) is 0.586. The minimum Gasteiger partial charge on any atom is -0.308 e. The van der Waals surface area contributed by atoms with Crippen molar-refractivity contribution in [3.05, 3.63) is 38.3 Å². The Balaban J connectivity index is 2.06. The number of likely N-dealkylation sites (N-methyl/N-ethyl adjacent to an activating group) is 1. The van der Waals surface area contributed by atoms with Crippen molar-refractivity contribution in [3.8, 4) is 0 Å². The number of piperazine rings is 1. The Labute approximate surface area is 117 Å². The van der Waals surface area contributed by atoms with Gasteiger partial charge in [0.2, 0.25) is 0 Å². The highest BCUT2D eigenvalue weighted by molar-refractivity contribution is 5.30. The van der Waals surface area contributed by atoms with E-state index >= 15 is 0 Å². The van der Waals surface area contributed by atoms with Crippen molar-refractivity contribution in [2.45, 2.75) is 13.5 Å². The Hall–Kier alpha value is -1.73. The molecule has 110 valence electrons. The van der Waals surface area contributed by atoms with Crippen LogP contribution < -0.4 is 5.56 Å². The maximum Gasteiger partial charge on any atom is 0.334 e. The Bertz CT molecular complexity index is 547. The Kier molecular flexibility index (Phi) is 4.51. The summed E-state index contributed by atoms with van der Waals surface area (Å²) >= 11 is 0. The molecule has 2 heterocycles. The third-order valence-electron chi connectivity index (χ3n) is 3.65. The predicted octanol–water partition coefficient (Wildman–Crippen LogP) is 0.312. The van der Waals surface area contributed by atoms with Crippen LogP contribution in [0.2, 0.25) is 0 Å². The highest BCUT2D eigenvalue weighted by Gasteiger charge is 2.17. The van der Waals surface area contributed by atoms with Gasteiger partial charge in [-0.1, -0.05) is 0 Å². The van der Waals surface area contributed by atoms with E-state index in [1.54, 1.807) is 13.1 Å². The molecular formula is C13H20N4O3. The molecule has 1 aliphatic rings. The second-order valence-electron chi connectivity index (χ2n) is 5.30. The molecule has 0 aliphatic carbocycles. The topological polar surface area (TPSA) is 71.6 Å². The fourth-order valence-corrected chi connectivity index (χ4v) is 2.38. The lowest BCUT2D eigenvalue weighted by Crippen LogP contribution is -2.45. The summed E-state index contributed by atoms with van der Waals surface area (Å²) in [5.41, 5.74) is -0.132. The molecule has 1 saturated heterocycles. The molecule has 7 nitrogen and oxygen atoms in total. The van der Waals surface area contributed by atoms with Gasteiger partial charge in [-0.15, -0.1) is 0 Å². The highest BCUT2D eigenvalue weighted by Crippen LogP contribution is 2.07. The van der Waals surface area contributed by atoms with Crippen LogP contribution >= 0.6 is 0 Å². The summed E-state index contributed by atoms with van der Waals surface area (Å²) < 4.78 is 1.45. The van der Waals surface area contributed by atoms with E-state index in [4.69, 9.17) is 0 Å². The molecule has 0 atom stereocenters. The normalized spacial score (nSPS) is 17.3. The molecule has 1 aliphatic heterocycles. The van der Waals surface area contributed by atoms with Gasteiger partial charge < -0.3 is 9.47 Å². The molecule has 1 fully saturated rings. The van der Waals surface area contributed by atoms with E-state index in [-0.39, 0.29) is 5.69 Å². The van der Waals surface area contributed by atoms with Gasteiger partial charge in [0, 0.05) is 51.5 Å². The van der Waals surface area contributed by atoms with Gasteiger partial charge >= 0.3 is 11.2 Å². The number of hydrogen-bond donors (Lipinski definition) is 0. The van der Waals surface area contributed by atoms with Gasteiger partial charge in [-0.2, -0.15) is 0 Å². The first-order valence-electron chi connectivity index (χ1n) is 6.74. The van der Waals surface area contributed by atoms with Crippen LogP contribution in [0.5, 0.6) is 0 Å². The SMILES string of the molecule is Cc1cc([N+](=O)[O-])c(=O)n(CCN2CCN(C)CC2)c1. The lowest BCUT2D eigenvalue weighted by Gasteiger charge is -2.32. The van der Waals surface area contributed by atoms with Crippen LogP contribution in [0.4, 0.5) is 5.69 Å².